The minimum atomic E-state index is -0.555. The molecule has 7 heteroatoms. The Morgan fingerprint density at radius 2 is 1.38 bits per heavy atom. The van der Waals surface area contributed by atoms with E-state index in [2.05, 4.69) is 6.92 Å². The standard InChI is InChI=1S/C14H26O4PS2/c1-13(2,3)11(15)20-9-7-17-19-18-8-10-21-12(16)14(4,5)6/h19H,1,7-10H2,2-6H3/q+1. The molecule has 0 aromatic carbocycles. The van der Waals surface area contributed by atoms with Crippen LogP contribution in [0.2, 0.25) is 0 Å². The summed E-state index contributed by atoms with van der Waals surface area (Å²) in [4.78, 5) is 23.2. The summed E-state index contributed by atoms with van der Waals surface area (Å²) in [5, 5.41) is 0.230. The molecule has 21 heavy (non-hydrogen) atoms. The summed E-state index contributed by atoms with van der Waals surface area (Å²) in [5.74, 6) is 1.24. The fourth-order valence-corrected chi connectivity index (χ4v) is 3.17. The average molecular weight is 353 g/mol. The zero-order valence-corrected chi connectivity index (χ0v) is 16.1. The van der Waals surface area contributed by atoms with Gasteiger partial charge < -0.3 is 9.05 Å². The highest BCUT2D eigenvalue weighted by Crippen LogP contribution is 2.24. The largest absolute Gasteiger partial charge is 0.335 e. The quantitative estimate of drug-likeness (QED) is 0.355. The third kappa shape index (κ3) is 11.5. The van der Waals surface area contributed by atoms with Crippen molar-refractivity contribution in [2.75, 3.05) is 24.7 Å². The van der Waals surface area contributed by atoms with E-state index in [9.17, 15) is 9.59 Å². The highest BCUT2D eigenvalue weighted by Gasteiger charge is 2.28. The van der Waals surface area contributed by atoms with E-state index in [-0.39, 0.29) is 24.7 Å². The minimum absolute atomic E-state index is 0.0525. The molecular formula is C14H26O4PS2+. The number of carbonyl (C=O) groups is 2. The lowest BCUT2D eigenvalue weighted by molar-refractivity contribution is -0.117. The first kappa shape index (κ1) is 21.3. The minimum Gasteiger partial charge on any atom is -0.335 e. The van der Waals surface area contributed by atoms with E-state index in [1.54, 1.807) is 13.8 Å². The Hall–Kier alpha value is 0.260. The molecule has 0 radical (unpaired) electrons. The summed E-state index contributed by atoms with van der Waals surface area (Å²) in [6.07, 6.45) is 0. The first-order valence-electron chi connectivity index (χ1n) is 6.73. The number of hydrogen-bond donors (Lipinski definition) is 0. The van der Waals surface area contributed by atoms with Gasteiger partial charge >= 0.3 is 0 Å². The van der Waals surface area contributed by atoms with Crippen LogP contribution in [0.15, 0.2) is 0 Å². The number of carbonyl (C=O) groups excluding carboxylic acids is 2. The first-order valence-corrected chi connectivity index (χ1v) is 9.52. The Morgan fingerprint density at radius 1 is 0.952 bits per heavy atom. The molecular weight excluding hydrogens is 327 g/mol. The molecule has 0 amide bonds. The second kappa shape index (κ2) is 10.1. The number of thioether (sulfide) groups is 2. The molecule has 1 atom stereocenters. The van der Waals surface area contributed by atoms with E-state index in [0.29, 0.717) is 24.7 Å². The van der Waals surface area contributed by atoms with Gasteiger partial charge in [-0.15, -0.1) is 0 Å². The molecule has 122 valence electrons. The van der Waals surface area contributed by atoms with Gasteiger partial charge in [0, 0.05) is 16.9 Å². The van der Waals surface area contributed by atoms with Crippen molar-refractivity contribution >= 4 is 42.8 Å². The highest BCUT2D eigenvalue weighted by molar-refractivity contribution is 8.14. The SMILES string of the molecule is [CH2+]C(C)(C)C(=O)SCCOPOCCSC(=O)C(C)(C)C. The predicted octanol–water partition coefficient (Wildman–Crippen LogP) is 3.95. The summed E-state index contributed by atoms with van der Waals surface area (Å²) < 4.78 is 10.6. The van der Waals surface area contributed by atoms with Gasteiger partial charge in [-0.3, -0.25) is 9.59 Å². The molecule has 0 rings (SSSR count). The van der Waals surface area contributed by atoms with Crippen LogP contribution in [0.1, 0.15) is 34.6 Å². The van der Waals surface area contributed by atoms with E-state index in [0.717, 1.165) is 0 Å². The van der Waals surface area contributed by atoms with Gasteiger partial charge in [-0.05, 0) is 13.8 Å². The summed E-state index contributed by atoms with van der Waals surface area (Å²) in [5.41, 5.74) is -0.866. The maximum atomic E-state index is 11.6. The topological polar surface area (TPSA) is 52.6 Å². The van der Waals surface area contributed by atoms with Crippen LogP contribution in [0.4, 0.5) is 0 Å². The molecule has 0 aromatic heterocycles. The molecule has 0 saturated carbocycles. The van der Waals surface area contributed by atoms with Crippen molar-refractivity contribution in [2.45, 2.75) is 34.6 Å². The molecule has 0 N–H and O–H groups in total. The second-order valence-corrected chi connectivity index (χ2v) is 9.07. The maximum Gasteiger partial charge on any atom is 0.238 e. The first-order chi connectivity index (χ1) is 9.55. The van der Waals surface area contributed by atoms with Crippen molar-refractivity contribution in [3.63, 3.8) is 0 Å². The van der Waals surface area contributed by atoms with Crippen LogP contribution in [-0.2, 0) is 18.6 Å². The maximum absolute atomic E-state index is 11.6. The van der Waals surface area contributed by atoms with Gasteiger partial charge in [-0.1, -0.05) is 44.3 Å². The van der Waals surface area contributed by atoms with Gasteiger partial charge in [-0.25, -0.2) is 0 Å². The summed E-state index contributed by atoms with van der Waals surface area (Å²) in [6.45, 7) is 14.0. The van der Waals surface area contributed by atoms with Crippen LogP contribution in [-0.4, -0.2) is 35.0 Å². The lowest BCUT2D eigenvalue weighted by Gasteiger charge is -2.15. The Kier molecular flexibility index (Phi) is 10.2. The van der Waals surface area contributed by atoms with Crippen molar-refractivity contribution in [1.82, 2.24) is 0 Å². The van der Waals surface area contributed by atoms with Crippen LogP contribution in [0.5, 0.6) is 0 Å². The van der Waals surface area contributed by atoms with Crippen molar-refractivity contribution in [1.29, 1.82) is 0 Å². The zero-order valence-electron chi connectivity index (χ0n) is 13.5. The fourth-order valence-electron chi connectivity index (χ4n) is 0.889. The van der Waals surface area contributed by atoms with Gasteiger partial charge in [0.2, 0.25) is 5.12 Å². The molecule has 0 aliphatic carbocycles. The fraction of sp³-hybridized carbons (Fsp3) is 0.786. The van der Waals surface area contributed by atoms with E-state index >= 15 is 0 Å². The van der Waals surface area contributed by atoms with Gasteiger partial charge in [0.05, 0.1) is 20.1 Å². The Bertz CT molecular complexity index is 303. The second-order valence-electron chi connectivity index (χ2n) is 6.19. The lowest BCUT2D eigenvalue weighted by atomic mass is 9.99. The van der Waals surface area contributed by atoms with Crippen molar-refractivity contribution < 1.29 is 18.6 Å². The van der Waals surface area contributed by atoms with E-state index in [1.807, 2.05) is 20.8 Å². The number of rotatable bonds is 9. The molecule has 4 nitrogen and oxygen atoms in total. The van der Waals surface area contributed by atoms with Crippen LogP contribution >= 0.6 is 32.6 Å². The predicted molar refractivity (Wildman–Crippen MR) is 93.7 cm³/mol. The molecule has 0 aliphatic heterocycles. The summed E-state index contributed by atoms with van der Waals surface area (Å²) in [7, 11) is -0.0525. The smallest absolute Gasteiger partial charge is 0.238 e. The van der Waals surface area contributed by atoms with Gasteiger partial charge in [0.15, 0.2) is 19.6 Å². The van der Waals surface area contributed by atoms with Crippen LogP contribution in [0.25, 0.3) is 0 Å². The Balaban J connectivity index is 3.42. The summed E-state index contributed by atoms with van der Waals surface area (Å²) in [6, 6.07) is 0. The molecule has 0 saturated heterocycles. The molecule has 0 fully saturated rings. The Labute approximate surface area is 138 Å². The van der Waals surface area contributed by atoms with E-state index in [4.69, 9.17) is 9.05 Å². The van der Waals surface area contributed by atoms with Crippen LogP contribution in [0, 0.1) is 17.8 Å². The third-order valence-electron chi connectivity index (χ3n) is 2.12. The average Bonchev–Trinajstić information content (AvgIpc) is 2.33. The van der Waals surface area contributed by atoms with Crippen LogP contribution < -0.4 is 0 Å². The molecule has 1 unspecified atom stereocenters. The normalized spacial score (nSPS) is 13.0. The molecule has 0 spiro atoms. The van der Waals surface area contributed by atoms with Crippen molar-refractivity contribution in [3.05, 3.63) is 6.92 Å². The molecule has 0 bridgehead atoms. The summed E-state index contributed by atoms with van der Waals surface area (Å²) >= 11 is 2.52. The van der Waals surface area contributed by atoms with E-state index in [1.165, 1.54) is 23.5 Å². The van der Waals surface area contributed by atoms with Crippen LogP contribution in [0.3, 0.4) is 0 Å². The number of hydrogen-bond acceptors (Lipinski definition) is 6. The van der Waals surface area contributed by atoms with Crippen molar-refractivity contribution in [2.24, 2.45) is 10.8 Å². The Morgan fingerprint density at radius 3 is 1.76 bits per heavy atom. The zero-order chi connectivity index (χ0) is 16.5. The highest BCUT2D eigenvalue weighted by atomic mass is 32.2. The van der Waals surface area contributed by atoms with E-state index < -0.39 is 5.41 Å². The third-order valence-corrected chi connectivity index (χ3v) is 5.19. The molecule has 0 aromatic rings. The monoisotopic (exact) mass is 353 g/mol. The molecule has 0 aliphatic rings. The van der Waals surface area contributed by atoms with Gasteiger partial charge in [-0.2, -0.15) is 0 Å². The van der Waals surface area contributed by atoms with Crippen molar-refractivity contribution in [3.8, 4) is 0 Å². The molecule has 0 heterocycles. The van der Waals surface area contributed by atoms with Gasteiger partial charge in [0.25, 0.3) is 0 Å². The lowest BCUT2D eigenvalue weighted by Crippen LogP contribution is -2.17. The van der Waals surface area contributed by atoms with Gasteiger partial charge in [0.1, 0.15) is 0 Å².